The summed E-state index contributed by atoms with van der Waals surface area (Å²) in [5.74, 6) is 0.953. The molecule has 1 fully saturated rings. The predicted molar refractivity (Wildman–Crippen MR) is 116 cm³/mol. The van der Waals surface area contributed by atoms with Gasteiger partial charge in [0.2, 0.25) is 10.0 Å². The van der Waals surface area contributed by atoms with E-state index in [1.54, 1.807) is 35.9 Å². The van der Waals surface area contributed by atoms with E-state index in [2.05, 4.69) is 14.9 Å². The number of halogens is 1. The van der Waals surface area contributed by atoms with E-state index >= 15 is 0 Å². The smallest absolute Gasteiger partial charge is 0.243 e. The lowest BCUT2D eigenvalue weighted by Crippen LogP contribution is -2.49. The molecule has 2 aliphatic rings. The summed E-state index contributed by atoms with van der Waals surface area (Å²) in [6.07, 6.45) is 6.29. The zero-order valence-electron chi connectivity index (χ0n) is 15.8. The first kappa shape index (κ1) is 19.2. The molecule has 3 aromatic rings. The summed E-state index contributed by atoms with van der Waals surface area (Å²) >= 11 is 7.78. The molecule has 152 valence electrons. The molecule has 3 heterocycles. The normalized spacial score (nSPS) is 18.2. The Balaban J connectivity index is 1.41. The van der Waals surface area contributed by atoms with E-state index in [0.29, 0.717) is 31.2 Å². The largest absolute Gasteiger partial charge is 0.353 e. The molecule has 1 aliphatic carbocycles. The summed E-state index contributed by atoms with van der Waals surface area (Å²) < 4.78 is 27.5. The Hall–Kier alpha value is -1.74. The average Bonchev–Trinajstić information content (AvgIpc) is 3.13. The molecular formula is C20H21ClN4O2S2. The van der Waals surface area contributed by atoms with E-state index < -0.39 is 10.0 Å². The van der Waals surface area contributed by atoms with Gasteiger partial charge in [0.1, 0.15) is 17.0 Å². The van der Waals surface area contributed by atoms with Crippen LogP contribution in [-0.4, -0.2) is 48.9 Å². The SMILES string of the molecule is O=S(=O)(c1cccc(Cl)c1)N1CCN(c2ncnc3sc4c(c23)CCCC4)CC1. The minimum absolute atomic E-state index is 0.245. The van der Waals surface area contributed by atoms with Gasteiger partial charge in [-0.2, -0.15) is 4.31 Å². The molecule has 0 atom stereocenters. The Labute approximate surface area is 179 Å². The molecule has 9 heteroatoms. The highest BCUT2D eigenvalue weighted by atomic mass is 35.5. The number of aromatic nitrogens is 2. The maximum atomic E-state index is 13.0. The molecule has 29 heavy (non-hydrogen) atoms. The van der Waals surface area contributed by atoms with Crippen LogP contribution >= 0.6 is 22.9 Å². The first-order valence-corrected chi connectivity index (χ1v) is 12.4. The number of thiophene rings is 1. The number of sulfonamides is 1. The molecule has 0 amide bonds. The number of fused-ring (bicyclic) bond motifs is 3. The van der Waals surface area contributed by atoms with Crippen molar-refractivity contribution in [3.8, 4) is 0 Å². The molecule has 0 unspecified atom stereocenters. The van der Waals surface area contributed by atoms with Crippen molar-refractivity contribution in [2.24, 2.45) is 0 Å². The first-order valence-electron chi connectivity index (χ1n) is 9.80. The van der Waals surface area contributed by atoms with Crippen molar-refractivity contribution in [2.75, 3.05) is 31.1 Å². The third kappa shape index (κ3) is 3.42. The molecule has 0 spiro atoms. The number of nitrogens with zero attached hydrogens (tertiary/aromatic N) is 4. The van der Waals surface area contributed by atoms with E-state index in [1.165, 1.54) is 39.0 Å². The van der Waals surface area contributed by atoms with Gasteiger partial charge in [-0.1, -0.05) is 17.7 Å². The van der Waals surface area contributed by atoms with Gasteiger partial charge < -0.3 is 4.90 Å². The lowest BCUT2D eigenvalue weighted by Gasteiger charge is -2.35. The number of piperazine rings is 1. The van der Waals surface area contributed by atoms with Crippen LogP contribution in [0.3, 0.4) is 0 Å². The highest BCUT2D eigenvalue weighted by Gasteiger charge is 2.30. The van der Waals surface area contributed by atoms with Crippen molar-refractivity contribution >= 4 is 49.0 Å². The van der Waals surface area contributed by atoms with Crippen LogP contribution in [0.1, 0.15) is 23.3 Å². The summed E-state index contributed by atoms with van der Waals surface area (Å²) in [4.78, 5) is 14.1. The van der Waals surface area contributed by atoms with Crippen LogP contribution in [0, 0.1) is 0 Å². The van der Waals surface area contributed by atoms with Crippen molar-refractivity contribution in [3.63, 3.8) is 0 Å². The molecule has 0 radical (unpaired) electrons. The summed E-state index contributed by atoms with van der Waals surface area (Å²) in [6, 6.07) is 6.46. The fourth-order valence-corrected chi connectivity index (χ4v) is 7.18. The minimum atomic E-state index is -3.54. The van der Waals surface area contributed by atoms with Crippen LogP contribution in [0.2, 0.25) is 5.02 Å². The Morgan fingerprint density at radius 1 is 1.03 bits per heavy atom. The number of aryl methyl sites for hydroxylation is 2. The molecule has 6 nitrogen and oxygen atoms in total. The fraction of sp³-hybridized carbons (Fsp3) is 0.400. The van der Waals surface area contributed by atoms with Crippen LogP contribution in [-0.2, 0) is 22.9 Å². The Morgan fingerprint density at radius 2 is 1.83 bits per heavy atom. The molecule has 1 aliphatic heterocycles. The van der Waals surface area contributed by atoms with Gasteiger partial charge in [0.15, 0.2) is 0 Å². The van der Waals surface area contributed by atoms with E-state index in [4.69, 9.17) is 11.6 Å². The Kier molecular flexibility index (Phi) is 4.98. The maximum absolute atomic E-state index is 13.0. The van der Waals surface area contributed by atoms with Gasteiger partial charge in [0.05, 0.1) is 10.3 Å². The van der Waals surface area contributed by atoms with Gasteiger partial charge in [-0.05, 0) is 49.4 Å². The average molecular weight is 449 g/mol. The van der Waals surface area contributed by atoms with Crippen molar-refractivity contribution in [1.29, 1.82) is 0 Å². The molecule has 5 rings (SSSR count). The number of benzene rings is 1. The van der Waals surface area contributed by atoms with Crippen LogP contribution in [0.25, 0.3) is 10.2 Å². The molecular weight excluding hydrogens is 428 g/mol. The second-order valence-electron chi connectivity index (χ2n) is 7.44. The van der Waals surface area contributed by atoms with Gasteiger partial charge >= 0.3 is 0 Å². The summed E-state index contributed by atoms with van der Waals surface area (Å²) in [5, 5.41) is 1.61. The van der Waals surface area contributed by atoms with Crippen molar-refractivity contribution in [3.05, 3.63) is 46.1 Å². The van der Waals surface area contributed by atoms with Crippen molar-refractivity contribution in [2.45, 2.75) is 30.6 Å². The molecule has 0 bridgehead atoms. The predicted octanol–water partition coefficient (Wildman–Crippen LogP) is 3.73. The number of hydrogen-bond acceptors (Lipinski definition) is 6. The van der Waals surface area contributed by atoms with Crippen LogP contribution in [0.5, 0.6) is 0 Å². The quantitative estimate of drug-likeness (QED) is 0.610. The monoisotopic (exact) mass is 448 g/mol. The highest BCUT2D eigenvalue weighted by Crippen LogP contribution is 2.39. The van der Waals surface area contributed by atoms with Crippen molar-refractivity contribution in [1.82, 2.24) is 14.3 Å². The Morgan fingerprint density at radius 3 is 2.62 bits per heavy atom. The van der Waals surface area contributed by atoms with Gasteiger partial charge in [-0.3, -0.25) is 0 Å². The standard InChI is InChI=1S/C20H21ClN4O2S2/c21-14-4-3-5-15(12-14)29(26,27)25-10-8-24(9-11-25)19-18-16-6-1-2-7-17(16)28-20(18)23-13-22-19/h3-5,12-13H,1-2,6-11H2. The van der Waals surface area contributed by atoms with Crippen molar-refractivity contribution < 1.29 is 8.42 Å². The topological polar surface area (TPSA) is 66.4 Å². The van der Waals surface area contributed by atoms with Gasteiger partial charge in [-0.15, -0.1) is 11.3 Å². The lowest BCUT2D eigenvalue weighted by atomic mass is 9.97. The number of hydrogen-bond donors (Lipinski definition) is 0. The zero-order valence-corrected chi connectivity index (χ0v) is 18.2. The van der Waals surface area contributed by atoms with Crippen LogP contribution in [0.4, 0.5) is 5.82 Å². The zero-order chi connectivity index (χ0) is 20.0. The summed E-state index contributed by atoms with van der Waals surface area (Å²) in [7, 11) is -3.54. The third-order valence-corrected chi connectivity index (χ3v) is 9.03. The van der Waals surface area contributed by atoms with Gasteiger partial charge in [0.25, 0.3) is 0 Å². The maximum Gasteiger partial charge on any atom is 0.243 e. The van der Waals surface area contributed by atoms with E-state index in [0.717, 1.165) is 23.5 Å². The summed E-state index contributed by atoms with van der Waals surface area (Å²) in [5.41, 5.74) is 1.40. The molecule has 1 aromatic carbocycles. The lowest BCUT2D eigenvalue weighted by molar-refractivity contribution is 0.384. The Bertz CT molecular complexity index is 1170. The molecule has 0 N–H and O–H groups in total. The third-order valence-electron chi connectivity index (χ3n) is 5.70. The van der Waals surface area contributed by atoms with Gasteiger partial charge in [-0.25, -0.2) is 18.4 Å². The van der Waals surface area contributed by atoms with Crippen LogP contribution in [0.15, 0.2) is 35.5 Å². The van der Waals surface area contributed by atoms with E-state index in [-0.39, 0.29) is 4.90 Å². The van der Waals surface area contributed by atoms with E-state index in [1.807, 2.05) is 0 Å². The number of anilines is 1. The van der Waals surface area contributed by atoms with Crippen LogP contribution < -0.4 is 4.90 Å². The van der Waals surface area contributed by atoms with Gasteiger partial charge in [0, 0.05) is 36.1 Å². The molecule has 1 saturated heterocycles. The fourth-order valence-electron chi connectivity index (χ4n) is 4.23. The highest BCUT2D eigenvalue weighted by molar-refractivity contribution is 7.89. The summed E-state index contributed by atoms with van der Waals surface area (Å²) in [6.45, 7) is 2.06. The second kappa shape index (κ2) is 7.50. The minimum Gasteiger partial charge on any atom is -0.353 e. The second-order valence-corrected chi connectivity index (χ2v) is 10.9. The van der Waals surface area contributed by atoms with E-state index in [9.17, 15) is 8.42 Å². The molecule has 0 saturated carbocycles. The number of rotatable bonds is 3. The molecule has 2 aromatic heterocycles. The first-order chi connectivity index (χ1) is 14.0.